The summed E-state index contributed by atoms with van der Waals surface area (Å²) in [6.45, 7) is 4.40. The minimum Gasteiger partial charge on any atom is -0.491 e. The lowest BCUT2D eigenvalue weighted by Gasteiger charge is -2.17. The summed E-state index contributed by atoms with van der Waals surface area (Å²) < 4.78 is 46.4. The largest absolute Gasteiger partial charge is 0.491 e. The first-order valence-corrected chi connectivity index (χ1v) is 9.64. The van der Waals surface area contributed by atoms with Gasteiger partial charge in [0.2, 0.25) is 5.95 Å². The molecule has 0 aliphatic carbocycles. The Kier molecular flexibility index (Phi) is 6.76. The molecule has 0 unspecified atom stereocenters. The zero-order chi connectivity index (χ0) is 21.6. The van der Waals surface area contributed by atoms with Crippen molar-refractivity contribution in [2.45, 2.75) is 32.9 Å². The van der Waals surface area contributed by atoms with Crippen molar-refractivity contribution in [2.75, 3.05) is 17.2 Å². The van der Waals surface area contributed by atoms with E-state index >= 15 is 0 Å². The fraction of sp³-hybridized carbons (Fsp3) is 0.273. The van der Waals surface area contributed by atoms with Crippen LogP contribution in [0.5, 0.6) is 5.75 Å². The molecule has 5 nitrogen and oxygen atoms in total. The maximum atomic E-state index is 13.6. The summed E-state index contributed by atoms with van der Waals surface area (Å²) in [6, 6.07) is 14.2. The molecule has 2 aromatic carbocycles. The lowest BCUT2D eigenvalue weighted by atomic mass is 10.2. The average molecular weight is 416 g/mol. The van der Waals surface area contributed by atoms with E-state index in [1.807, 2.05) is 32.0 Å². The number of hydrogen-bond acceptors (Lipinski definition) is 5. The predicted octanol–water partition coefficient (Wildman–Crippen LogP) is 6.47. The number of nitrogens with one attached hydrogen (secondary N) is 2. The summed E-state index contributed by atoms with van der Waals surface area (Å²) in [4.78, 5) is 7.95. The molecule has 3 aromatic rings. The Morgan fingerprint density at radius 3 is 2.37 bits per heavy atom. The minimum atomic E-state index is -4.61. The number of halogens is 3. The van der Waals surface area contributed by atoms with Crippen LogP contribution in [0.2, 0.25) is 0 Å². The number of alkyl halides is 3. The molecule has 158 valence electrons. The number of hydrogen-bond donors (Lipinski definition) is 2. The number of aromatic nitrogens is 2. The van der Waals surface area contributed by atoms with Gasteiger partial charge in [0.1, 0.15) is 17.1 Å². The first-order valence-electron chi connectivity index (χ1n) is 9.64. The molecule has 0 fully saturated rings. The van der Waals surface area contributed by atoms with E-state index in [0.717, 1.165) is 24.6 Å². The van der Waals surface area contributed by atoms with Crippen LogP contribution in [0.15, 0.2) is 54.7 Å². The van der Waals surface area contributed by atoms with Crippen LogP contribution < -0.4 is 15.4 Å². The van der Waals surface area contributed by atoms with Gasteiger partial charge in [-0.2, -0.15) is 18.2 Å². The highest BCUT2D eigenvalue weighted by atomic mass is 19.4. The van der Waals surface area contributed by atoms with Gasteiger partial charge in [0.15, 0.2) is 0 Å². The number of ether oxygens (including phenoxy) is 1. The molecule has 0 saturated carbocycles. The summed E-state index contributed by atoms with van der Waals surface area (Å²) in [6.07, 6.45) is -2.04. The first kappa shape index (κ1) is 21.4. The Balaban J connectivity index is 1.93. The first-order chi connectivity index (χ1) is 14.4. The Hall–Kier alpha value is -3.29. The monoisotopic (exact) mass is 416 g/mol. The van der Waals surface area contributed by atoms with Crippen LogP contribution in [0.25, 0.3) is 0 Å². The van der Waals surface area contributed by atoms with Crippen molar-refractivity contribution in [1.82, 2.24) is 9.97 Å². The second-order valence-corrected chi connectivity index (χ2v) is 6.72. The van der Waals surface area contributed by atoms with Crippen molar-refractivity contribution in [3.05, 3.63) is 65.9 Å². The van der Waals surface area contributed by atoms with Gasteiger partial charge in [-0.3, -0.25) is 0 Å². The lowest BCUT2D eigenvalue weighted by Crippen LogP contribution is -2.13. The Morgan fingerprint density at radius 1 is 0.967 bits per heavy atom. The van der Waals surface area contributed by atoms with Crippen LogP contribution in [0.4, 0.5) is 36.3 Å². The molecule has 0 amide bonds. The van der Waals surface area contributed by atoms with Crippen molar-refractivity contribution in [1.29, 1.82) is 0 Å². The van der Waals surface area contributed by atoms with Crippen LogP contribution in [-0.2, 0) is 6.18 Å². The molecule has 2 N–H and O–H groups in total. The third-order valence-corrected chi connectivity index (χ3v) is 4.38. The SMILES string of the molecule is CCCCOc1ccccc1Nc1nc(Nc2ccccc2C)ncc1C(F)(F)F. The Bertz CT molecular complexity index is 992. The van der Waals surface area contributed by atoms with E-state index in [0.29, 0.717) is 23.7 Å². The highest BCUT2D eigenvalue weighted by molar-refractivity contribution is 5.68. The van der Waals surface area contributed by atoms with Gasteiger partial charge in [-0.25, -0.2) is 4.98 Å². The number of nitrogens with zero attached hydrogens (tertiary/aromatic N) is 2. The zero-order valence-corrected chi connectivity index (χ0v) is 16.8. The van der Waals surface area contributed by atoms with E-state index < -0.39 is 11.7 Å². The second-order valence-electron chi connectivity index (χ2n) is 6.72. The quantitative estimate of drug-likeness (QED) is 0.412. The highest BCUT2D eigenvalue weighted by Crippen LogP contribution is 2.37. The van der Waals surface area contributed by atoms with Crippen molar-refractivity contribution >= 4 is 23.1 Å². The van der Waals surface area contributed by atoms with Gasteiger partial charge in [0.05, 0.1) is 12.3 Å². The maximum Gasteiger partial charge on any atom is 0.421 e. The Morgan fingerprint density at radius 2 is 1.67 bits per heavy atom. The smallest absolute Gasteiger partial charge is 0.421 e. The minimum absolute atomic E-state index is 0.0594. The number of unbranched alkanes of at least 4 members (excludes halogenated alkanes) is 1. The molecule has 0 aliphatic heterocycles. The molecule has 1 heterocycles. The number of rotatable bonds is 8. The highest BCUT2D eigenvalue weighted by Gasteiger charge is 2.35. The Labute approximate surface area is 173 Å². The van der Waals surface area contributed by atoms with Crippen molar-refractivity contribution in [3.63, 3.8) is 0 Å². The van der Waals surface area contributed by atoms with Crippen LogP contribution >= 0.6 is 0 Å². The molecule has 0 spiro atoms. The summed E-state index contributed by atoms with van der Waals surface area (Å²) in [7, 11) is 0. The van der Waals surface area contributed by atoms with Crippen LogP contribution in [0.1, 0.15) is 30.9 Å². The standard InChI is InChI=1S/C22H23F3N4O/c1-3-4-13-30-19-12-8-7-11-18(19)27-20-16(22(23,24)25)14-26-21(29-20)28-17-10-6-5-9-15(17)2/h5-12,14H,3-4,13H2,1-2H3,(H2,26,27,28,29). The topological polar surface area (TPSA) is 59.1 Å². The normalized spacial score (nSPS) is 11.2. The fourth-order valence-corrected chi connectivity index (χ4v) is 2.73. The number of para-hydroxylation sites is 3. The van der Waals surface area contributed by atoms with Crippen molar-refractivity contribution in [3.8, 4) is 5.75 Å². The molecule has 8 heteroatoms. The van der Waals surface area contributed by atoms with Crippen molar-refractivity contribution in [2.24, 2.45) is 0 Å². The third-order valence-electron chi connectivity index (χ3n) is 4.38. The average Bonchev–Trinajstić information content (AvgIpc) is 2.70. The predicted molar refractivity (Wildman–Crippen MR) is 112 cm³/mol. The summed E-state index contributed by atoms with van der Waals surface area (Å²) >= 11 is 0. The van der Waals surface area contributed by atoms with Gasteiger partial charge in [-0.1, -0.05) is 43.7 Å². The van der Waals surface area contributed by atoms with Gasteiger partial charge >= 0.3 is 6.18 Å². The maximum absolute atomic E-state index is 13.6. The summed E-state index contributed by atoms with van der Waals surface area (Å²) in [5.41, 5.74) is 1.08. The van der Waals surface area contributed by atoms with Gasteiger partial charge in [0, 0.05) is 11.9 Å². The van der Waals surface area contributed by atoms with Gasteiger partial charge in [-0.15, -0.1) is 0 Å². The van der Waals surface area contributed by atoms with Gasteiger partial charge in [-0.05, 0) is 37.1 Å². The molecule has 1 aromatic heterocycles. The molecule has 3 rings (SSSR count). The van der Waals surface area contributed by atoms with E-state index in [-0.39, 0.29) is 11.8 Å². The third kappa shape index (κ3) is 5.40. The molecule has 0 aliphatic rings. The van der Waals surface area contributed by atoms with Crippen LogP contribution in [0.3, 0.4) is 0 Å². The van der Waals surface area contributed by atoms with E-state index in [1.54, 1.807) is 30.3 Å². The van der Waals surface area contributed by atoms with Crippen LogP contribution in [0, 0.1) is 6.92 Å². The van der Waals surface area contributed by atoms with E-state index in [4.69, 9.17) is 4.74 Å². The molecule has 0 saturated heterocycles. The van der Waals surface area contributed by atoms with Crippen LogP contribution in [-0.4, -0.2) is 16.6 Å². The zero-order valence-electron chi connectivity index (χ0n) is 16.8. The summed E-state index contributed by atoms with van der Waals surface area (Å²) in [5, 5.41) is 5.75. The molecule has 0 radical (unpaired) electrons. The van der Waals surface area contributed by atoms with Crippen molar-refractivity contribution < 1.29 is 17.9 Å². The second kappa shape index (κ2) is 9.47. The molecule has 0 bridgehead atoms. The molecular weight excluding hydrogens is 393 g/mol. The molecule has 0 atom stereocenters. The van der Waals surface area contributed by atoms with E-state index in [9.17, 15) is 13.2 Å². The number of anilines is 4. The molecular formula is C22H23F3N4O. The summed E-state index contributed by atoms with van der Waals surface area (Å²) in [5.74, 6) is 0.176. The van der Waals surface area contributed by atoms with Gasteiger partial charge < -0.3 is 15.4 Å². The van der Waals surface area contributed by atoms with E-state index in [2.05, 4.69) is 20.6 Å². The molecule has 30 heavy (non-hydrogen) atoms. The number of aryl methyl sites for hydroxylation is 1. The van der Waals surface area contributed by atoms with Gasteiger partial charge in [0.25, 0.3) is 0 Å². The van der Waals surface area contributed by atoms with E-state index in [1.165, 1.54) is 0 Å². The number of benzene rings is 2. The lowest BCUT2D eigenvalue weighted by molar-refractivity contribution is -0.137. The fourth-order valence-electron chi connectivity index (χ4n) is 2.73.